The average Bonchev–Trinajstić information content (AvgIpc) is 2.41. The largest absolute Gasteiger partial charge is 0.287 e. The van der Waals surface area contributed by atoms with E-state index in [-0.39, 0.29) is 22.1 Å². The highest BCUT2D eigenvalue weighted by atomic mass is 35.5. The minimum Gasteiger partial charge on any atom is -0.287 e. The molecule has 0 saturated heterocycles. The van der Waals surface area contributed by atoms with Crippen LogP contribution in [0.15, 0.2) is 53.5 Å². The third-order valence-corrected chi connectivity index (χ3v) is 3.31. The molecular formula is C15H11Cl2NO2. The summed E-state index contributed by atoms with van der Waals surface area (Å²) in [6.45, 7) is 1.69. The van der Waals surface area contributed by atoms with Gasteiger partial charge in [-0.05, 0) is 31.2 Å². The zero-order chi connectivity index (χ0) is 14.7. The van der Waals surface area contributed by atoms with E-state index < -0.39 is 0 Å². The van der Waals surface area contributed by atoms with Gasteiger partial charge in [-0.1, -0.05) is 35.3 Å². The minimum absolute atomic E-state index is 0.250. The molecule has 1 aromatic carbocycles. The van der Waals surface area contributed by atoms with Gasteiger partial charge in [0, 0.05) is 22.8 Å². The molecule has 0 saturated carbocycles. The Kier molecular flexibility index (Phi) is 4.42. The van der Waals surface area contributed by atoms with E-state index >= 15 is 0 Å². The number of halogens is 2. The quantitative estimate of drug-likeness (QED) is 0.637. The first-order valence-corrected chi connectivity index (χ1v) is 6.64. The highest BCUT2D eigenvalue weighted by Gasteiger charge is 2.17. The molecule has 0 spiro atoms. The molecule has 2 aromatic rings. The number of nitrogens with zero attached hydrogens (tertiary/aromatic N) is 1. The second-order valence-corrected chi connectivity index (χ2v) is 4.88. The second-order valence-electron chi connectivity index (χ2n) is 4.04. The Morgan fingerprint density at radius 1 is 1.20 bits per heavy atom. The van der Waals surface area contributed by atoms with Crippen molar-refractivity contribution >= 4 is 34.7 Å². The standard InChI is InChI=1S/C15H11Cl2NO2/c1-2-13(18-8-4-3-5-14(18)19)15(20)11-7-6-10(16)9-12(11)17/h2-9H,1H3. The van der Waals surface area contributed by atoms with Gasteiger partial charge < -0.3 is 0 Å². The van der Waals surface area contributed by atoms with Gasteiger partial charge in [0.25, 0.3) is 5.56 Å². The van der Waals surface area contributed by atoms with Gasteiger partial charge in [0.1, 0.15) is 0 Å². The molecule has 0 atom stereocenters. The number of carbonyl (C=O) groups excluding carboxylic acids is 1. The third-order valence-electron chi connectivity index (χ3n) is 2.76. The lowest BCUT2D eigenvalue weighted by molar-refractivity contribution is 0.105. The molecular weight excluding hydrogens is 297 g/mol. The SMILES string of the molecule is CC=C(C(=O)c1ccc(Cl)cc1Cl)n1ccccc1=O. The van der Waals surface area contributed by atoms with Gasteiger partial charge in [-0.3, -0.25) is 14.2 Å². The van der Waals surface area contributed by atoms with E-state index in [1.807, 2.05) is 0 Å². The highest BCUT2D eigenvalue weighted by molar-refractivity contribution is 6.39. The van der Waals surface area contributed by atoms with E-state index in [0.29, 0.717) is 10.6 Å². The molecule has 0 amide bonds. The number of hydrogen-bond acceptors (Lipinski definition) is 2. The molecule has 0 radical (unpaired) electrons. The van der Waals surface area contributed by atoms with E-state index in [9.17, 15) is 9.59 Å². The van der Waals surface area contributed by atoms with E-state index in [0.717, 1.165) is 0 Å². The Labute approximate surface area is 126 Å². The van der Waals surface area contributed by atoms with Crippen LogP contribution in [-0.4, -0.2) is 10.4 Å². The van der Waals surface area contributed by atoms with Gasteiger partial charge in [-0.2, -0.15) is 0 Å². The molecule has 5 heteroatoms. The van der Waals surface area contributed by atoms with Gasteiger partial charge in [0.05, 0.1) is 10.7 Å². The van der Waals surface area contributed by atoms with Crippen LogP contribution in [0, 0.1) is 0 Å². The first-order chi connectivity index (χ1) is 9.54. The van der Waals surface area contributed by atoms with Crippen molar-refractivity contribution in [2.24, 2.45) is 0 Å². The van der Waals surface area contributed by atoms with E-state index in [1.54, 1.807) is 43.5 Å². The number of carbonyl (C=O) groups is 1. The third kappa shape index (κ3) is 2.84. The molecule has 0 aliphatic heterocycles. The van der Waals surface area contributed by atoms with Crippen LogP contribution in [0.25, 0.3) is 5.70 Å². The molecule has 0 aliphatic carbocycles. The van der Waals surface area contributed by atoms with Crippen molar-refractivity contribution < 1.29 is 4.79 Å². The predicted octanol–water partition coefficient (Wildman–Crippen LogP) is 3.90. The van der Waals surface area contributed by atoms with Gasteiger partial charge in [-0.25, -0.2) is 0 Å². The number of benzene rings is 1. The number of pyridine rings is 1. The lowest BCUT2D eigenvalue weighted by Crippen LogP contribution is -2.21. The molecule has 0 N–H and O–H groups in total. The fourth-order valence-corrected chi connectivity index (χ4v) is 2.31. The molecule has 102 valence electrons. The summed E-state index contributed by atoms with van der Waals surface area (Å²) in [4.78, 5) is 24.3. The Balaban J connectivity index is 2.51. The lowest BCUT2D eigenvalue weighted by Gasteiger charge is -2.10. The van der Waals surface area contributed by atoms with Crippen LogP contribution in [-0.2, 0) is 0 Å². The van der Waals surface area contributed by atoms with Gasteiger partial charge in [-0.15, -0.1) is 0 Å². The summed E-state index contributed by atoms with van der Waals surface area (Å²) in [5, 5.41) is 0.705. The van der Waals surface area contributed by atoms with Crippen molar-refractivity contribution in [3.8, 4) is 0 Å². The first-order valence-electron chi connectivity index (χ1n) is 5.88. The van der Waals surface area contributed by atoms with Crippen molar-refractivity contribution in [3.05, 3.63) is 74.6 Å². The lowest BCUT2D eigenvalue weighted by atomic mass is 10.1. The van der Waals surface area contributed by atoms with Gasteiger partial charge in [0.15, 0.2) is 0 Å². The van der Waals surface area contributed by atoms with Crippen LogP contribution < -0.4 is 5.56 Å². The topological polar surface area (TPSA) is 39.1 Å². The number of rotatable bonds is 3. The molecule has 20 heavy (non-hydrogen) atoms. The summed E-state index contributed by atoms with van der Waals surface area (Å²) >= 11 is 11.8. The van der Waals surface area contributed by atoms with Gasteiger partial charge in [0.2, 0.25) is 5.78 Å². The fourth-order valence-electron chi connectivity index (χ4n) is 1.82. The maximum absolute atomic E-state index is 12.5. The second kappa shape index (κ2) is 6.07. The normalized spacial score (nSPS) is 11.4. The Morgan fingerprint density at radius 2 is 1.95 bits per heavy atom. The summed E-state index contributed by atoms with van der Waals surface area (Å²) in [7, 11) is 0. The summed E-state index contributed by atoms with van der Waals surface area (Å²) in [5.74, 6) is -0.331. The highest BCUT2D eigenvalue weighted by Crippen LogP contribution is 2.24. The molecule has 0 bridgehead atoms. The summed E-state index contributed by atoms with van der Waals surface area (Å²) in [5.41, 5.74) is 0.277. The van der Waals surface area contributed by atoms with E-state index in [2.05, 4.69) is 0 Å². The molecule has 0 aliphatic rings. The van der Waals surface area contributed by atoms with Crippen LogP contribution >= 0.6 is 23.2 Å². The summed E-state index contributed by atoms with van der Waals surface area (Å²) in [6.07, 6.45) is 3.12. The van der Waals surface area contributed by atoms with Crippen LogP contribution in [0.1, 0.15) is 17.3 Å². The monoisotopic (exact) mass is 307 g/mol. The van der Waals surface area contributed by atoms with Crippen molar-refractivity contribution in [2.45, 2.75) is 6.92 Å². The first kappa shape index (κ1) is 14.6. The molecule has 1 heterocycles. The van der Waals surface area contributed by atoms with Crippen molar-refractivity contribution in [3.63, 3.8) is 0 Å². The number of allylic oxidation sites excluding steroid dienone is 2. The average molecular weight is 308 g/mol. The van der Waals surface area contributed by atoms with E-state index in [4.69, 9.17) is 23.2 Å². The van der Waals surface area contributed by atoms with Crippen molar-refractivity contribution in [1.29, 1.82) is 0 Å². The van der Waals surface area contributed by atoms with Crippen LogP contribution in [0.5, 0.6) is 0 Å². The number of Topliss-reactive ketones (excluding diaryl/α,β-unsaturated/α-hetero) is 1. The van der Waals surface area contributed by atoms with E-state index in [1.165, 1.54) is 16.7 Å². The Bertz CT molecular complexity index is 748. The van der Waals surface area contributed by atoms with Gasteiger partial charge >= 0.3 is 0 Å². The zero-order valence-corrected chi connectivity index (χ0v) is 12.2. The molecule has 2 rings (SSSR count). The Morgan fingerprint density at radius 3 is 2.55 bits per heavy atom. The van der Waals surface area contributed by atoms with Crippen LogP contribution in [0.3, 0.4) is 0 Å². The Hall–Kier alpha value is -1.84. The van der Waals surface area contributed by atoms with Crippen LogP contribution in [0.4, 0.5) is 0 Å². The minimum atomic E-state index is -0.331. The smallest absolute Gasteiger partial charge is 0.255 e. The number of ketones is 1. The maximum Gasteiger partial charge on any atom is 0.255 e. The van der Waals surface area contributed by atoms with Crippen molar-refractivity contribution in [1.82, 2.24) is 4.57 Å². The van der Waals surface area contributed by atoms with Crippen LogP contribution in [0.2, 0.25) is 10.0 Å². The molecule has 0 fully saturated rings. The van der Waals surface area contributed by atoms with Crippen molar-refractivity contribution in [2.75, 3.05) is 0 Å². The summed E-state index contributed by atoms with van der Waals surface area (Å²) in [6, 6.07) is 9.32. The number of aromatic nitrogens is 1. The molecule has 3 nitrogen and oxygen atoms in total. The predicted molar refractivity (Wildman–Crippen MR) is 81.4 cm³/mol. The summed E-state index contributed by atoms with van der Waals surface area (Å²) < 4.78 is 1.28. The number of hydrogen-bond donors (Lipinski definition) is 0. The molecule has 1 aromatic heterocycles. The molecule has 0 unspecified atom stereocenters. The zero-order valence-electron chi connectivity index (χ0n) is 10.6. The fraction of sp³-hybridized carbons (Fsp3) is 0.0667. The maximum atomic E-state index is 12.5.